The van der Waals surface area contributed by atoms with Crippen LogP contribution >= 0.6 is 11.6 Å². The van der Waals surface area contributed by atoms with Crippen molar-refractivity contribution in [3.05, 3.63) is 63.2 Å². The van der Waals surface area contributed by atoms with Crippen molar-refractivity contribution in [1.82, 2.24) is 4.90 Å². The van der Waals surface area contributed by atoms with E-state index in [-0.39, 0.29) is 42.5 Å². The molecule has 0 bridgehead atoms. The quantitative estimate of drug-likeness (QED) is 0.493. The summed E-state index contributed by atoms with van der Waals surface area (Å²) in [5.74, 6) is -0.485. The molecule has 0 unspecified atom stereocenters. The molecule has 2 aromatic carbocycles. The lowest BCUT2D eigenvalue weighted by Gasteiger charge is -2.35. The molecule has 0 atom stereocenters. The van der Waals surface area contributed by atoms with Crippen LogP contribution in [0.1, 0.15) is 10.4 Å². The van der Waals surface area contributed by atoms with Crippen LogP contribution in [-0.2, 0) is 9.84 Å². The molecular weight excluding hydrogens is 463 g/mol. The molecule has 13 heteroatoms. The number of anilines is 1. The Morgan fingerprint density at radius 1 is 1.03 bits per heavy atom. The summed E-state index contributed by atoms with van der Waals surface area (Å²) in [5.41, 5.74) is -5.19. The number of sulfone groups is 1. The lowest BCUT2D eigenvalue weighted by Crippen LogP contribution is -2.49. The van der Waals surface area contributed by atoms with E-state index in [2.05, 4.69) is 0 Å². The predicted octanol–water partition coefficient (Wildman–Crippen LogP) is 3.50. The maximum atomic E-state index is 12.6. The number of rotatable bonds is 4. The average Bonchev–Trinajstić information content (AvgIpc) is 2.72. The number of amides is 1. The standard InChI is InChI=1S/C18H15ClF3N3O5S/c19-13-3-6-15(16(11-13)25(27)28)23-7-9-24(10-8-23)17(26)12-1-4-14(5-2-12)31(29,30)18(20,21)22/h1-6,11H,7-10H2. The van der Waals surface area contributed by atoms with E-state index in [0.717, 1.165) is 24.3 Å². The summed E-state index contributed by atoms with van der Waals surface area (Å²) in [6.07, 6.45) is 0. The van der Waals surface area contributed by atoms with Gasteiger partial charge in [0, 0.05) is 42.8 Å². The molecule has 3 rings (SSSR count). The van der Waals surface area contributed by atoms with Crippen LogP contribution in [0.15, 0.2) is 47.4 Å². The van der Waals surface area contributed by atoms with E-state index < -0.39 is 31.1 Å². The van der Waals surface area contributed by atoms with Gasteiger partial charge in [0.1, 0.15) is 5.69 Å². The van der Waals surface area contributed by atoms with E-state index >= 15 is 0 Å². The molecule has 166 valence electrons. The van der Waals surface area contributed by atoms with Gasteiger partial charge in [-0.25, -0.2) is 8.42 Å². The molecule has 31 heavy (non-hydrogen) atoms. The lowest BCUT2D eigenvalue weighted by molar-refractivity contribution is -0.384. The van der Waals surface area contributed by atoms with Gasteiger partial charge in [0.05, 0.1) is 9.82 Å². The van der Waals surface area contributed by atoms with Gasteiger partial charge in [-0.15, -0.1) is 0 Å². The number of hydrogen-bond donors (Lipinski definition) is 0. The molecule has 1 fully saturated rings. The SMILES string of the molecule is O=C(c1ccc(S(=O)(=O)C(F)(F)F)cc1)N1CCN(c2ccc(Cl)cc2[N+](=O)[O-])CC1. The summed E-state index contributed by atoms with van der Waals surface area (Å²) < 4.78 is 60.7. The molecule has 1 aliphatic heterocycles. The average molecular weight is 478 g/mol. The summed E-state index contributed by atoms with van der Waals surface area (Å²) in [7, 11) is -5.49. The lowest BCUT2D eigenvalue weighted by atomic mass is 10.1. The van der Waals surface area contributed by atoms with Gasteiger partial charge in [-0.1, -0.05) is 11.6 Å². The maximum Gasteiger partial charge on any atom is 0.501 e. The van der Waals surface area contributed by atoms with Crippen LogP contribution in [0.25, 0.3) is 0 Å². The number of hydrogen-bond acceptors (Lipinski definition) is 6. The summed E-state index contributed by atoms with van der Waals surface area (Å²) >= 11 is 5.82. The van der Waals surface area contributed by atoms with Crippen molar-refractivity contribution in [3.8, 4) is 0 Å². The Balaban J connectivity index is 1.71. The van der Waals surface area contributed by atoms with Gasteiger partial charge in [-0.3, -0.25) is 14.9 Å². The Hall–Kier alpha value is -2.86. The fraction of sp³-hybridized carbons (Fsp3) is 0.278. The van der Waals surface area contributed by atoms with E-state index in [4.69, 9.17) is 11.6 Å². The second kappa shape index (κ2) is 8.35. The third kappa shape index (κ3) is 4.59. The van der Waals surface area contributed by atoms with E-state index in [9.17, 15) is 36.5 Å². The fourth-order valence-corrected chi connectivity index (χ4v) is 4.08. The highest BCUT2D eigenvalue weighted by Gasteiger charge is 2.46. The molecule has 0 N–H and O–H groups in total. The molecule has 0 saturated carbocycles. The first-order valence-electron chi connectivity index (χ1n) is 8.81. The number of benzene rings is 2. The van der Waals surface area contributed by atoms with Crippen molar-refractivity contribution in [2.75, 3.05) is 31.1 Å². The minimum atomic E-state index is -5.49. The fourth-order valence-electron chi connectivity index (χ4n) is 3.15. The molecule has 0 spiro atoms. The zero-order chi connectivity index (χ0) is 23.0. The summed E-state index contributed by atoms with van der Waals surface area (Å²) in [5, 5.41) is 11.5. The van der Waals surface area contributed by atoms with E-state index in [0.29, 0.717) is 5.69 Å². The highest BCUT2D eigenvalue weighted by Crippen LogP contribution is 2.32. The number of piperazine rings is 1. The van der Waals surface area contributed by atoms with Crippen molar-refractivity contribution >= 4 is 38.7 Å². The minimum Gasteiger partial charge on any atom is -0.362 e. The summed E-state index contributed by atoms with van der Waals surface area (Å²) in [4.78, 5) is 25.6. The zero-order valence-electron chi connectivity index (χ0n) is 15.7. The largest absolute Gasteiger partial charge is 0.501 e. The minimum absolute atomic E-state index is 0.0343. The van der Waals surface area contributed by atoms with Gasteiger partial charge in [0.2, 0.25) is 0 Å². The Morgan fingerprint density at radius 2 is 1.61 bits per heavy atom. The number of nitrogens with zero attached hydrogens (tertiary/aromatic N) is 3. The van der Waals surface area contributed by atoms with Crippen molar-refractivity contribution < 1.29 is 31.3 Å². The van der Waals surface area contributed by atoms with E-state index in [1.165, 1.54) is 23.1 Å². The molecule has 1 amide bonds. The van der Waals surface area contributed by atoms with Gasteiger partial charge in [-0.05, 0) is 36.4 Å². The molecule has 0 radical (unpaired) electrons. The molecular formula is C18H15ClF3N3O5S. The first kappa shape index (κ1) is 22.8. The van der Waals surface area contributed by atoms with E-state index in [1.54, 1.807) is 4.90 Å². The number of alkyl halides is 3. The second-order valence-corrected chi connectivity index (χ2v) is 9.02. The Kier molecular flexibility index (Phi) is 6.14. The Morgan fingerprint density at radius 3 is 2.13 bits per heavy atom. The monoisotopic (exact) mass is 477 g/mol. The van der Waals surface area contributed by atoms with Gasteiger partial charge >= 0.3 is 5.51 Å². The van der Waals surface area contributed by atoms with Gasteiger partial charge in [0.25, 0.3) is 21.4 Å². The summed E-state index contributed by atoms with van der Waals surface area (Å²) in [6.45, 7) is 0.992. The van der Waals surface area contributed by atoms with Crippen LogP contribution in [-0.4, -0.2) is 55.8 Å². The number of halogens is 4. The van der Waals surface area contributed by atoms with Crippen LogP contribution < -0.4 is 4.90 Å². The molecule has 1 heterocycles. The number of carbonyl (C=O) groups excluding carboxylic acids is 1. The molecule has 0 aliphatic carbocycles. The number of carbonyl (C=O) groups is 1. The van der Waals surface area contributed by atoms with Crippen molar-refractivity contribution in [2.24, 2.45) is 0 Å². The molecule has 8 nitrogen and oxygen atoms in total. The topological polar surface area (TPSA) is 101 Å². The van der Waals surface area contributed by atoms with Crippen molar-refractivity contribution in [2.45, 2.75) is 10.4 Å². The van der Waals surface area contributed by atoms with E-state index in [1.807, 2.05) is 0 Å². The summed E-state index contributed by atoms with van der Waals surface area (Å²) in [6, 6.07) is 7.82. The molecule has 1 saturated heterocycles. The first-order chi connectivity index (χ1) is 14.4. The molecule has 0 aromatic heterocycles. The molecule has 2 aromatic rings. The van der Waals surface area contributed by atoms with Crippen LogP contribution in [0, 0.1) is 10.1 Å². The normalized spacial score (nSPS) is 15.1. The second-order valence-electron chi connectivity index (χ2n) is 6.64. The van der Waals surface area contributed by atoms with Gasteiger partial charge in [-0.2, -0.15) is 13.2 Å². The van der Waals surface area contributed by atoms with Crippen molar-refractivity contribution in [1.29, 1.82) is 0 Å². The van der Waals surface area contributed by atoms with Crippen molar-refractivity contribution in [3.63, 3.8) is 0 Å². The third-order valence-electron chi connectivity index (χ3n) is 4.76. The zero-order valence-corrected chi connectivity index (χ0v) is 17.2. The Bertz CT molecular complexity index is 1120. The van der Waals surface area contributed by atoms with Crippen LogP contribution in [0.2, 0.25) is 5.02 Å². The first-order valence-corrected chi connectivity index (χ1v) is 10.7. The van der Waals surface area contributed by atoms with Gasteiger partial charge < -0.3 is 9.80 Å². The van der Waals surface area contributed by atoms with Crippen LogP contribution in [0.3, 0.4) is 0 Å². The van der Waals surface area contributed by atoms with Crippen LogP contribution in [0.5, 0.6) is 0 Å². The highest BCUT2D eigenvalue weighted by atomic mass is 35.5. The highest BCUT2D eigenvalue weighted by molar-refractivity contribution is 7.92. The van der Waals surface area contributed by atoms with Crippen LogP contribution in [0.4, 0.5) is 24.5 Å². The number of nitro benzene ring substituents is 1. The predicted molar refractivity (Wildman–Crippen MR) is 106 cm³/mol. The smallest absolute Gasteiger partial charge is 0.362 e. The van der Waals surface area contributed by atoms with Gasteiger partial charge in [0.15, 0.2) is 0 Å². The maximum absolute atomic E-state index is 12.6. The molecule has 1 aliphatic rings. The Labute approximate surface area is 179 Å². The third-order valence-corrected chi connectivity index (χ3v) is 6.50. The number of nitro groups is 1.